The van der Waals surface area contributed by atoms with Crippen LogP contribution in [0, 0.1) is 5.92 Å². The maximum absolute atomic E-state index is 12.5. The van der Waals surface area contributed by atoms with Gasteiger partial charge in [-0.15, -0.1) is 0 Å². The quantitative estimate of drug-likeness (QED) is 0.0356. The average Bonchev–Trinajstić information content (AvgIpc) is 3.13. The third kappa shape index (κ3) is 38.0. The van der Waals surface area contributed by atoms with Crippen LogP contribution in [0.1, 0.15) is 246 Å². The van der Waals surface area contributed by atoms with E-state index in [1.165, 1.54) is 135 Å². The van der Waals surface area contributed by atoms with Crippen LogP contribution in [-0.4, -0.2) is 37.2 Å². The summed E-state index contributed by atoms with van der Waals surface area (Å²) in [7, 11) is 0. The molecule has 0 aromatic heterocycles. The van der Waals surface area contributed by atoms with Gasteiger partial charge in [0.05, 0.1) is 0 Å². The Morgan fingerprint density at radius 2 is 0.686 bits per heavy atom. The molecule has 0 saturated carbocycles. The topological polar surface area (TPSA) is 78.9 Å². The van der Waals surface area contributed by atoms with E-state index in [9.17, 15) is 14.4 Å². The average molecular weight is 723 g/mol. The molecule has 0 N–H and O–H groups in total. The highest BCUT2D eigenvalue weighted by atomic mass is 16.6. The van der Waals surface area contributed by atoms with Gasteiger partial charge in [-0.25, -0.2) is 0 Å². The minimum absolute atomic E-state index is 0.0653. The zero-order valence-corrected chi connectivity index (χ0v) is 34.6. The number of hydrogen-bond acceptors (Lipinski definition) is 6. The largest absolute Gasteiger partial charge is 0.462 e. The number of hydrogen-bond donors (Lipinski definition) is 0. The van der Waals surface area contributed by atoms with E-state index < -0.39 is 6.10 Å². The fourth-order valence-corrected chi connectivity index (χ4v) is 6.59. The molecule has 0 fully saturated rings. The van der Waals surface area contributed by atoms with E-state index in [-0.39, 0.29) is 31.1 Å². The van der Waals surface area contributed by atoms with Crippen molar-refractivity contribution >= 4 is 17.9 Å². The Labute approximate surface area is 317 Å². The van der Waals surface area contributed by atoms with Crippen molar-refractivity contribution in [2.24, 2.45) is 5.92 Å². The standard InChI is InChI=1S/C45H86O6/c1-5-8-10-12-13-14-15-16-17-18-22-25-29-32-36-43(46)49-39-42(51-45(48)38-34-27-11-9-6-2)40-50-44(47)37-33-30-26-23-20-19-21-24-28-31-35-41(4)7-3/h41-42H,5-40H2,1-4H3/t41?,42-/m1/s1. The predicted molar refractivity (Wildman–Crippen MR) is 215 cm³/mol. The monoisotopic (exact) mass is 723 g/mol. The second-order valence-corrected chi connectivity index (χ2v) is 15.6. The SMILES string of the molecule is CCCCCCCCCCCCCCCCC(=O)OC[C@H](COC(=O)CCCCCCCCCCCCC(C)CC)OC(=O)CCCCCCC. The fraction of sp³-hybridized carbons (Fsp3) is 0.933. The number of ether oxygens (including phenoxy) is 3. The van der Waals surface area contributed by atoms with Crippen molar-refractivity contribution in [3.05, 3.63) is 0 Å². The van der Waals surface area contributed by atoms with Crippen LogP contribution in [0.5, 0.6) is 0 Å². The van der Waals surface area contributed by atoms with Gasteiger partial charge in [-0.1, -0.05) is 207 Å². The second kappa shape index (κ2) is 39.6. The van der Waals surface area contributed by atoms with Gasteiger partial charge in [0.2, 0.25) is 0 Å². The Bertz CT molecular complexity index is 768. The van der Waals surface area contributed by atoms with Gasteiger partial charge in [-0.2, -0.15) is 0 Å². The molecule has 0 aromatic rings. The van der Waals surface area contributed by atoms with E-state index in [0.717, 1.165) is 70.1 Å². The normalized spacial score (nSPS) is 12.5. The van der Waals surface area contributed by atoms with Gasteiger partial charge in [0, 0.05) is 19.3 Å². The first-order valence-corrected chi connectivity index (χ1v) is 22.4. The first kappa shape index (κ1) is 49.4. The minimum Gasteiger partial charge on any atom is -0.462 e. The molecule has 0 heterocycles. The van der Waals surface area contributed by atoms with Gasteiger partial charge in [0.15, 0.2) is 6.10 Å². The molecule has 6 nitrogen and oxygen atoms in total. The lowest BCUT2D eigenvalue weighted by Crippen LogP contribution is -2.30. The summed E-state index contributed by atoms with van der Waals surface area (Å²) in [6, 6.07) is 0. The highest BCUT2D eigenvalue weighted by Gasteiger charge is 2.19. The van der Waals surface area contributed by atoms with Crippen LogP contribution in [0.2, 0.25) is 0 Å². The lowest BCUT2D eigenvalue weighted by Gasteiger charge is -2.18. The maximum atomic E-state index is 12.5. The Morgan fingerprint density at radius 1 is 0.392 bits per heavy atom. The predicted octanol–water partition coefficient (Wildman–Crippen LogP) is 13.9. The zero-order chi connectivity index (χ0) is 37.5. The lowest BCUT2D eigenvalue weighted by atomic mass is 9.99. The Morgan fingerprint density at radius 3 is 1.02 bits per heavy atom. The summed E-state index contributed by atoms with van der Waals surface area (Å²) < 4.78 is 16.6. The van der Waals surface area contributed by atoms with Crippen LogP contribution in [-0.2, 0) is 28.6 Å². The first-order chi connectivity index (χ1) is 24.9. The number of rotatable bonds is 40. The molecule has 0 aliphatic rings. The van der Waals surface area contributed by atoms with Crippen molar-refractivity contribution < 1.29 is 28.6 Å². The summed E-state index contributed by atoms with van der Waals surface area (Å²) in [4.78, 5) is 37.4. The summed E-state index contributed by atoms with van der Waals surface area (Å²) in [6.07, 6.45) is 38.2. The third-order valence-electron chi connectivity index (χ3n) is 10.4. The van der Waals surface area contributed by atoms with Gasteiger partial charge in [-0.05, 0) is 25.2 Å². The van der Waals surface area contributed by atoms with Crippen LogP contribution < -0.4 is 0 Å². The molecule has 51 heavy (non-hydrogen) atoms. The van der Waals surface area contributed by atoms with Crippen molar-refractivity contribution in [3.8, 4) is 0 Å². The van der Waals surface area contributed by atoms with E-state index in [4.69, 9.17) is 14.2 Å². The molecule has 0 spiro atoms. The number of esters is 3. The number of carbonyl (C=O) groups is 3. The summed E-state index contributed by atoms with van der Waals surface area (Å²) in [6.45, 7) is 8.94. The van der Waals surface area contributed by atoms with Crippen LogP contribution in [0.4, 0.5) is 0 Å². The molecule has 0 rings (SSSR count). The Kier molecular flexibility index (Phi) is 38.4. The van der Waals surface area contributed by atoms with E-state index in [1.807, 2.05) is 0 Å². The fourth-order valence-electron chi connectivity index (χ4n) is 6.59. The lowest BCUT2D eigenvalue weighted by molar-refractivity contribution is -0.167. The molecule has 0 saturated heterocycles. The minimum atomic E-state index is -0.757. The van der Waals surface area contributed by atoms with Crippen molar-refractivity contribution in [1.29, 1.82) is 0 Å². The Balaban J connectivity index is 4.15. The molecule has 0 radical (unpaired) electrons. The van der Waals surface area contributed by atoms with Crippen molar-refractivity contribution in [1.82, 2.24) is 0 Å². The van der Waals surface area contributed by atoms with E-state index in [2.05, 4.69) is 27.7 Å². The number of unbranched alkanes of at least 4 members (excludes halogenated alkanes) is 26. The highest BCUT2D eigenvalue weighted by molar-refractivity contribution is 5.71. The summed E-state index contributed by atoms with van der Waals surface area (Å²) in [5, 5.41) is 0. The zero-order valence-electron chi connectivity index (χ0n) is 34.6. The smallest absolute Gasteiger partial charge is 0.306 e. The summed E-state index contributed by atoms with van der Waals surface area (Å²) in [5.41, 5.74) is 0. The molecule has 6 heteroatoms. The van der Waals surface area contributed by atoms with E-state index in [0.29, 0.717) is 19.3 Å². The van der Waals surface area contributed by atoms with Gasteiger partial charge in [-0.3, -0.25) is 14.4 Å². The van der Waals surface area contributed by atoms with Crippen LogP contribution >= 0.6 is 0 Å². The first-order valence-electron chi connectivity index (χ1n) is 22.4. The van der Waals surface area contributed by atoms with E-state index >= 15 is 0 Å². The molecule has 1 unspecified atom stereocenters. The molecular formula is C45H86O6. The van der Waals surface area contributed by atoms with Crippen molar-refractivity contribution in [3.63, 3.8) is 0 Å². The summed E-state index contributed by atoms with van der Waals surface area (Å²) in [5.74, 6) is 0.000142. The molecule has 0 aliphatic heterocycles. The molecule has 302 valence electrons. The van der Waals surface area contributed by atoms with E-state index in [1.54, 1.807) is 0 Å². The van der Waals surface area contributed by atoms with Crippen LogP contribution in [0.15, 0.2) is 0 Å². The molecule has 0 aliphatic carbocycles. The van der Waals surface area contributed by atoms with Gasteiger partial charge < -0.3 is 14.2 Å². The molecule has 0 bridgehead atoms. The van der Waals surface area contributed by atoms with Gasteiger partial charge in [0.1, 0.15) is 13.2 Å². The maximum Gasteiger partial charge on any atom is 0.306 e. The van der Waals surface area contributed by atoms with Crippen molar-refractivity contribution in [2.75, 3.05) is 13.2 Å². The molecular weight excluding hydrogens is 636 g/mol. The molecule has 2 atom stereocenters. The van der Waals surface area contributed by atoms with Crippen LogP contribution in [0.25, 0.3) is 0 Å². The van der Waals surface area contributed by atoms with Gasteiger partial charge >= 0.3 is 17.9 Å². The second-order valence-electron chi connectivity index (χ2n) is 15.6. The van der Waals surface area contributed by atoms with Crippen LogP contribution in [0.3, 0.4) is 0 Å². The third-order valence-corrected chi connectivity index (χ3v) is 10.4. The highest BCUT2D eigenvalue weighted by Crippen LogP contribution is 2.17. The molecule has 0 amide bonds. The Hall–Kier alpha value is -1.59. The summed E-state index contributed by atoms with van der Waals surface area (Å²) >= 11 is 0. The molecule has 0 aromatic carbocycles. The van der Waals surface area contributed by atoms with Gasteiger partial charge in [0.25, 0.3) is 0 Å². The number of carbonyl (C=O) groups excluding carboxylic acids is 3. The van der Waals surface area contributed by atoms with Crippen molar-refractivity contribution in [2.45, 2.75) is 252 Å².